The highest BCUT2D eigenvalue weighted by atomic mass is 16.3. The number of nitrogens with one attached hydrogen (secondary N) is 2. The van der Waals surface area contributed by atoms with E-state index in [1.165, 1.54) is 10.8 Å². The third kappa shape index (κ3) is 5.58. The summed E-state index contributed by atoms with van der Waals surface area (Å²) in [4.78, 5) is 0. The molecule has 232 valence electrons. The number of rotatable bonds is 7. The summed E-state index contributed by atoms with van der Waals surface area (Å²) in [6.45, 7) is 0. The predicted molar refractivity (Wildman–Crippen MR) is 207 cm³/mol. The Hall–Kier alpha value is -6.58. The Kier molecular flexibility index (Phi) is 7.14. The van der Waals surface area contributed by atoms with E-state index in [4.69, 9.17) is 4.42 Å². The van der Waals surface area contributed by atoms with E-state index in [9.17, 15) is 0 Å². The Labute approximate surface area is 285 Å². The molecule has 0 bridgehead atoms. The lowest BCUT2D eigenvalue weighted by Crippen LogP contribution is -1.96. The molecule has 0 radical (unpaired) electrons. The molecule has 49 heavy (non-hydrogen) atoms. The number of anilines is 4. The van der Waals surface area contributed by atoms with E-state index >= 15 is 0 Å². The van der Waals surface area contributed by atoms with Gasteiger partial charge in [-0.2, -0.15) is 0 Å². The topological polar surface area (TPSA) is 37.2 Å². The summed E-state index contributed by atoms with van der Waals surface area (Å²) < 4.78 is 6.31. The minimum atomic E-state index is 0.880. The van der Waals surface area contributed by atoms with Gasteiger partial charge in [0, 0.05) is 44.6 Å². The first kappa shape index (κ1) is 28.6. The minimum absolute atomic E-state index is 0.880. The first-order valence-electron chi connectivity index (χ1n) is 16.6. The summed E-state index contributed by atoms with van der Waals surface area (Å²) in [5, 5.41) is 12.1. The molecule has 1 aromatic heterocycles. The predicted octanol–water partition coefficient (Wildman–Crippen LogP) is 13.2. The lowest BCUT2D eigenvalue weighted by molar-refractivity contribution is 0.669. The van der Waals surface area contributed by atoms with Crippen LogP contribution in [0.25, 0.3) is 66.1 Å². The van der Waals surface area contributed by atoms with Crippen molar-refractivity contribution in [3.63, 3.8) is 0 Å². The van der Waals surface area contributed by atoms with Gasteiger partial charge in [-0.15, -0.1) is 0 Å². The molecule has 0 amide bonds. The first-order valence-corrected chi connectivity index (χ1v) is 16.6. The van der Waals surface area contributed by atoms with Crippen molar-refractivity contribution in [1.29, 1.82) is 0 Å². The van der Waals surface area contributed by atoms with Crippen molar-refractivity contribution in [1.82, 2.24) is 0 Å². The summed E-state index contributed by atoms with van der Waals surface area (Å²) in [5.41, 5.74) is 12.7. The zero-order valence-electron chi connectivity index (χ0n) is 26.7. The highest BCUT2D eigenvalue weighted by Gasteiger charge is 2.14. The number of hydrogen-bond donors (Lipinski definition) is 2. The van der Waals surface area contributed by atoms with Gasteiger partial charge >= 0.3 is 0 Å². The molecular formula is C46H32N2O. The van der Waals surface area contributed by atoms with Crippen molar-refractivity contribution in [3.05, 3.63) is 182 Å². The highest BCUT2D eigenvalue weighted by molar-refractivity contribution is 6.06. The van der Waals surface area contributed by atoms with Crippen LogP contribution in [0.4, 0.5) is 22.7 Å². The zero-order valence-corrected chi connectivity index (χ0v) is 26.7. The fourth-order valence-electron chi connectivity index (χ4n) is 6.75. The van der Waals surface area contributed by atoms with E-state index in [0.29, 0.717) is 0 Å². The van der Waals surface area contributed by atoms with Crippen molar-refractivity contribution in [2.45, 2.75) is 0 Å². The maximum absolute atomic E-state index is 6.31. The van der Waals surface area contributed by atoms with Crippen LogP contribution in [0.15, 0.2) is 186 Å². The van der Waals surface area contributed by atoms with Gasteiger partial charge in [-0.25, -0.2) is 0 Å². The molecule has 0 fully saturated rings. The molecular weight excluding hydrogens is 597 g/mol. The van der Waals surface area contributed by atoms with Crippen LogP contribution in [0, 0.1) is 0 Å². The van der Waals surface area contributed by atoms with Gasteiger partial charge in [-0.3, -0.25) is 0 Å². The van der Waals surface area contributed by atoms with Gasteiger partial charge in [0.05, 0.1) is 0 Å². The van der Waals surface area contributed by atoms with Crippen LogP contribution in [-0.2, 0) is 0 Å². The molecule has 1 heterocycles. The van der Waals surface area contributed by atoms with Crippen LogP contribution < -0.4 is 10.6 Å². The third-order valence-corrected chi connectivity index (χ3v) is 9.23. The van der Waals surface area contributed by atoms with E-state index in [1.54, 1.807) is 0 Å². The number of hydrogen-bond acceptors (Lipinski definition) is 3. The average Bonchev–Trinajstić information content (AvgIpc) is 3.54. The second-order valence-electron chi connectivity index (χ2n) is 12.4. The monoisotopic (exact) mass is 628 g/mol. The van der Waals surface area contributed by atoms with Gasteiger partial charge in [0.1, 0.15) is 11.2 Å². The van der Waals surface area contributed by atoms with Gasteiger partial charge in [-0.05, 0) is 99.8 Å². The second-order valence-corrected chi connectivity index (χ2v) is 12.4. The zero-order chi connectivity index (χ0) is 32.6. The molecule has 0 aliphatic rings. The quantitative estimate of drug-likeness (QED) is 0.184. The average molecular weight is 629 g/mol. The Morgan fingerprint density at radius 2 is 0.918 bits per heavy atom. The summed E-state index contributed by atoms with van der Waals surface area (Å²) >= 11 is 0. The molecule has 9 rings (SSSR count). The molecule has 0 aliphatic carbocycles. The van der Waals surface area contributed by atoms with Gasteiger partial charge < -0.3 is 15.1 Å². The van der Waals surface area contributed by atoms with Crippen molar-refractivity contribution >= 4 is 55.5 Å². The van der Waals surface area contributed by atoms with Crippen LogP contribution in [0.5, 0.6) is 0 Å². The molecule has 0 saturated carbocycles. The fourth-order valence-corrected chi connectivity index (χ4v) is 6.75. The van der Waals surface area contributed by atoms with Crippen molar-refractivity contribution in [2.24, 2.45) is 0 Å². The molecule has 3 heteroatoms. The molecule has 9 aromatic rings. The van der Waals surface area contributed by atoms with Crippen LogP contribution in [0.3, 0.4) is 0 Å². The van der Waals surface area contributed by atoms with E-state index in [0.717, 1.165) is 78.1 Å². The van der Waals surface area contributed by atoms with Gasteiger partial charge in [0.2, 0.25) is 0 Å². The Morgan fingerprint density at radius 1 is 0.327 bits per heavy atom. The van der Waals surface area contributed by atoms with Gasteiger partial charge in [-0.1, -0.05) is 115 Å². The van der Waals surface area contributed by atoms with Crippen molar-refractivity contribution in [2.75, 3.05) is 10.6 Å². The molecule has 0 saturated heterocycles. The smallest absolute Gasteiger partial charge is 0.136 e. The van der Waals surface area contributed by atoms with E-state index < -0.39 is 0 Å². The molecule has 8 aromatic carbocycles. The Bertz CT molecular complexity index is 2600. The maximum Gasteiger partial charge on any atom is 0.136 e. The first-order chi connectivity index (χ1) is 24.2. The van der Waals surface area contributed by atoms with Gasteiger partial charge in [0.25, 0.3) is 0 Å². The standard InChI is InChI=1S/C46H32N2O/c1-3-12-32(13-4-1)41-28-34(21-25-43(41)48-38-23-19-31-11-7-8-14-33(31)27-38)35-22-26-44(47-37-15-5-2-6-16-37)42(29-35)36-20-24-40-39-17-9-10-18-45(39)49-46(40)30-36/h1-30,47-48H. The van der Waals surface area contributed by atoms with E-state index in [-0.39, 0.29) is 0 Å². The Balaban J connectivity index is 1.16. The molecule has 0 spiro atoms. The minimum Gasteiger partial charge on any atom is -0.456 e. The SMILES string of the molecule is c1ccc(Nc2ccc(-c3ccc(Nc4ccc5ccccc5c4)c(-c4ccccc4)c3)cc2-c2ccc3c(c2)oc2ccccc23)cc1. The summed E-state index contributed by atoms with van der Waals surface area (Å²) in [5.74, 6) is 0. The largest absolute Gasteiger partial charge is 0.456 e. The van der Waals surface area contributed by atoms with Crippen LogP contribution in [-0.4, -0.2) is 0 Å². The summed E-state index contributed by atoms with van der Waals surface area (Å²) in [6.07, 6.45) is 0. The second kappa shape index (κ2) is 12.2. The van der Waals surface area contributed by atoms with E-state index in [2.05, 4.69) is 174 Å². The summed E-state index contributed by atoms with van der Waals surface area (Å²) in [6, 6.07) is 64.0. The lowest BCUT2D eigenvalue weighted by Gasteiger charge is -2.17. The van der Waals surface area contributed by atoms with Crippen LogP contribution in [0.1, 0.15) is 0 Å². The highest BCUT2D eigenvalue weighted by Crippen LogP contribution is 2.40. The maximum atomic E-state index is 6.31. The molecule has 3 nitrogen and oxygen atoms in total. The van der Waals surface area contributed by atoms with Gasteiger partial charge in [0.15, 0.2) is 0 Å². The van der Waals surface area contributed by atoms with Crippen molar-refractivity contribution in [3.8, 4) is 33.4 Å². The van der Waals surface area contributed by atoms with Crippen molar-refractivity contribution < 1.29 is 4.42 Å². The molecule has 0 aliphatic heterocycles. The van der Waals surface area contributed by atoms with Crippen LogP contribution >= 0.6 is 0 Å². The molecule has 2 N–H and O–H groups in total. The van der Waals surface area contributed by atoms with Crippen LogP contribution in [0.2, 0.25) is 0 Å². The lowest BCUT2D eigenvalue weighted by atomic mass is 9.93. The molecule has 0 unspecified atom stereocenters. The van der Waals surface area contributed by atoms with E-state index in [1.807, 2.05) is 18.2 Å². The summed E-state index contributed by atoms with van der Waals surface area (Å²) in [7, 11) is 0. The number of furan rings is 1. The number of fused-ring (bicyclic) bond motifs is 4. The number of para-hydroxylation sites is 2. The third-order valence-electron chi connectivity index (χ3n) is 9.23. The fraction of sp³-hybridized carbons (Fsp3) is 0. The normalized spacial score (nSPS) is 11.3. The Morgan fingerprint density at radius 3 is 1.69 bits per heavy atom. The molecule has 0 atom stereocenters. The number of benzene rings is 8.